The Bertz CT molecular complexity index is 142. The van der Waals surface area contributed by atoms with Crippen molar-refractivity contribution in [3.05, 3.63) is 0 Å². The van der Waals surface area contributed by atoms with Gasteiger partial charge in [0.1, 0.15) is 0 Å². The van der Waals surface area contributed by atoms with Crippen molar-refractivity contribution in [2.75, 3.05) is 11.0 Å². The Kier molecular flexibility index (Phi) is 2.95. The van der Waals surface area contributed by atoms with Gasteiger partial charge in [0.15, 0.2) is 0 Å². The quantitative estimate of drug-likeness (QED) is 0.529. The van der Waals surface area contributed by atoms with Gasteiger partial charge in [-0.05, 0) is 31.1 Å². The van der Waals surface area contributed by atoms with Crippen molar-refractivity contribution in [1.82, 2.24) is 0 Å². The molecule has 0 aromatic heterocycles. The van der Waals surface area contributed by atoms with Crippen LogP contribution in [0.3, 0.4) is 0 Å². The summed E-state index contributed by atoms with van der Waals surface area (Å²) in [7, 11) is 0. The summed E-state index contributed by atoms with van der Waals surface area (Å²) in [6.45, 7) is 1.06. The summed E-state index contributed by atoms with van der Waals surface area (Å²) < 4.78 is 7.03. The van der Waals surface area contributed by atoms with Crippen LogP contribution in [-0.2, 0) is 4.74 Å². The summed E-state index contributed by atoms with van der Waals surface area (Å²) in [4.78, 5) is 0. The second-order valence-electron chi connectivity index (χ2n) is 4.33. The zero-order chi connectivity index (χ0) is 8.44. The van der Waals surface area contributed by atoms with Crippen molar-refractivity contribution in [1.29, 1.82) is 0 Å². The summed E-state index contributed by atoms with van der Waals surface area (Å²) in [5.74, 6) is 0. The van der Waals surface area contributed by atoms with Crippen LogP contribution in [0.1, 0.15) is 38.5 Å². The van der Waals surface area contributed by atoms with Crippen LogP contribution in [0, 0.1) is 5.41 Å². The molecule has 2 heteroatoms. The van der Waals surface area contributed by atoms with E-state index in [4.69, 9.17) is 4.74 Å². The Labute approximate surface area is 88.4 Å². The van der Waals surface area contributed by atoms with E-state index >= 15 is 0 Å². The first-order valence-electron chi connectivity index (χ1n) is 5.02. The van der Waals surface area contributed by atoms with Crippen LogP contribution in [-0.4, -0.2) is 17.1 Å². The summed E-state index contributed by atoms with van der Waals surface area (Å²) >= 11 is 2.43. The lowest BCUT2D eigenvalue weighted by Crippen LogP contribution is -2.34. The van der Waals surface area contributed by atoms with E-state index in [-0.39, 0.29) is 0 Å². The Morgan fingerprint density at radius 1 is 1.25 bits per heavy atom. The van der Waals surface area contributed by atoms with Crippen LogP contribution in [0.25, 0.3) is 0 Å². The lowest BCUT2D eigenvalue weighted by molar-refractivity contribution is -0.0480. The lowest BCUT2D eigenvalue weighted by Gasteiger charge is -2.36. The van der Waals surface area contributed by atoms with E-state index in [0.717, 1.165) is 6.61 Å². The molecular weight excluding hydrogens is 263 g/mol. The molecule has 2 rings (SSSR count). The predicted octanol–water partition coefficient (Wildman–Crippen LogP) is 3.16. The Morgan fingerprint density at radius 3 is 2.50 bits per heavy atom. The molecule has 1 spiro atoms. The molecule has 1 nitrogen and oxygen atoms in total. The second-order valence-corrected chi connectivity index (χ2v) is 5.21. The molecular formula is C10H17IO. The van der Waals surface area contributed by atoms with Crippen molar-refractivity contribution in [2.24, 2.45) is 5.41 Å². The first kappa shape index (κ1) is 9.25. The molecule has 0 amide bonds. The van der Waals surface area contributed by atoms with Crippen molar-refractivity contribution in [3.63, 3.8) is 0 Å². The van der Waals surface area contributed by atoms with Crippen LogP contribution in [0.15, 0.2) is 0 Å². The van der Waals surface area contributed by atoms with Gasteiger partial charge in [-0.3, -0.25) is 0 Å². The molecule has 0 N–H and O–H groups in total. The predicted molar refractivity (Wildman–Crippen MR) is 58.8 cm³/mol. The molecule has 1 atom stereocenters. The van der Waals surface area contributed by atoms with Crippen LogP contribution in [0.5, 0.6) is 0 Å². The van der Waals surface area contributed by atoms with Crippen molar-refractivity contribution >= 4 is 22.6 Å². The van der Waals surface area contributed by atoms with E-state index < -0.39 is 0 Å². The van der Waals surface area contributed by atoms with E-state index in [9.17, 15) is 0 Å². The fourth-order valence-corrected chi connectivity index (χ4v) is 3.25. The second kappa shape index (κ2) is 3.82. The first-order valence-corrected chi connectivity index (χ1v) is 6.55. The van der Waals surface area contributed by atoms with Crippen LogP contribution < -0.4 is 0 Å². The maximum absolute atomic E-state index is 5.86. The molecule has 0 aromatic carbocycles. The number of alkyl halides is 1. The lowest BCUT2D eigenvalue weighted by atomic mass is 9.80. The van der Waals surface area contributed by atoms with Crippen LogP contribution >= 0.6 is 22.6 Å². The third kappa shape index (κ3) is 1.79. The third-order valence-electron chi connectivity index (χ3n) is 3.46. The zero-order valence-electron chi connectivity index (χ0n) is 7.52. The van der Waals surface area contributed by atoms with Gasteiger partial charge in [-0.2, -0.15) is 0 Å². The minimum absolute atomic E-state index is 0.567. The van der Waals surface area contributed by atoms with Gasteiger partial charge in [0.2, 0.25) is 0 Å². The normalized spacial score (nSPS) is 34.2. The fourth-order valence-electron chi connectivity index (χ4n) is 2.56. The molecule has 0 aromatic rings. The van der Waals surface area contributed by atoms with Gasteiger partial charge >= 0.3 is 0 Å². The molecule has 1 saturated heterocycles. The molecule has 2 fully saturated rings. The van der Waals surface area contributed by atoms with Gasteiger partial charge in [-0.15, -0.1) is 0 Å². The highest BCUT2D eigenvalue weighted by molar-refractivity contribution is 14.1. The van der Waals surface area contributed by atoms with Crippen molar-refractivity contribution in [2.45, 2.75) is 44.6 Å². The van der Waals surface area contributed by atoms with E-state index in [1.165, 1.54) is 43.0 Å². The summed E-state index contributed by atoms with van der Waals surface area (Å²) in [5, 5.41) is 0. The summed E-state index contributed by atoms with van der Waals surface area (Å²) in [5.41, 5.74) is 0.627. The van der Waals surface area contributed by atoms with Crippen LogP contribution in [0.2, 0.25) is 0 Å². The average molecular weight is 280 g/mol. The molecule has 1 saturated carbocycles. The molecule has 70 valence electrons. The maximum Gasteiger partial charge on any atom is 0.0664 e. The topological polar surface area (TPSA) is 9.23 Å². The zero-order valence-corrected chi connectivity index (χ0v) is 9.68. The van der Waals surface area contributed by atoms with Gasteiger partial charge in [0, 0.05) is 4.43 Å². The molecule has 12 heavy (non-hydrogen) atoms. The SMILES string of the molecule is ICC1CCC2(CCCC2)CO1. The van der Waals surface area contributed by atoms with E-state index in [1.54, 1.807) is 0 Å². The number of hydrogen-bond donors (Lipinski definition) is 0. The largest absolute Gasteiger partial charge is 0.377 e. The smallest absolute Gasteiger partial charge is 0.0664 e. The molecule has 1 heterocycles. The highest BCUT2D eigenvalue weighted by Crippen LogP contribution is 2.45. The van der Waals surface area contributed by atoms with Gasteiger partial charge in [0.25, 0.3) is 0 Å². The van der Waals surface area contributed by atoms with Crippen molar-refractivity contribution in [3.8, 4) is 0 Å². The van der Waals surface area contributed by atoms with E-state index in [0.29, 0.717) is 11.5 Å². The Balaban J connectivity index is 1.88. The summed E-state index contributed by atoms with van der Waals surface area (Å²) in [6.07, 6.45) is 9.05. The standard InChI is InChI=1S/C10H17IO/c11-7-9-3-6-10(8-12-9)4-1-2-5-10/h9H,1-8H2. The molecule has 1 aliphatic carbocycles. The Morgan fingerprint density at radius 2 is 2.00 bits per heavy atom. The van der Waals surface area contributed by atoms with Gasteiger partial charge < -0.3 is 4.74 Å². The minimum atomic E-state index is 0.567. The third-order valence-corrected chi connectivity index (χ3v) is 4.44. The monoisotopic (exact) mass is 280 g/mol. The fraction of sp³-hybridized carbons (Fsp3) is 1.00. The molecule has 0 radical (unpaired) electrons. The average Bonchev–Trinajstić information content (AvgIpc) is 2.55. The van der Waals surface area contributed by atoms with Gasteiger partial charge in [-0.1, -0.05) is 35.4 Å². The van der Waals surface area contributed by atoms with E-state index in [1.807, 2.05) is 0 Å². The molecule has 1 unspecified atom stereocenters. The van der Waals surface area contributed by atoms with Crippen LogP contribution in [0.4, 0.5) is 0 Å². The highest BCUT2D eigenvalue weighted by atomic mass is 127. The molecule has 2 aliphatic rings. The first-order chi connectivity index (χ1) is 5.85. The van der Waals surface area contributed by atoms with Gasteiger partial charge in [-0.25, -0.2) is 0 Å². The number of rotatable bonds is 1. The Hall–Kier alpha value is 0.690. The number of hydrogen-bond acceptors (Lipinski definition) is 1. The minimum Gasteiger partial charge on any atom is -0.377 e. The van der Waals surface area contributed by atoms with Crippen molar-refractivity contribution < 1.29 is 4.74 Å². The molecule has 1 aliphatic heterocycles. The number of ether oxygens (including phenoxy) is 1. The molecule has 0 bridgehead atoms. The highest BCUT2D eigenvalue weighted by Gasteiger charge is 2.37. The van der Waals surface area contributed by atoms with Gasteiger partial charge in [0.05, 0.1) is 12.7 Å². The maximum atomic E-state index is 5.86. The summed E-state index contributed by atoms with van der Waals surface area (Å²) in [6, 6.07) is 0. The number of halogens is 1. The van der Waals surface area contributed by atoms with E-state index in [2.05, 4.69) is 22.6 Å².